The summed E-state index contributed by atoms with van der Waals surface area (Å²) in [6, 6.07) is 9.89. The number of halogens is 3. The lowest BCUT2D eigenvalue weighted by atomic mass is 9.48. The summed E-state index contributed by atoms with van der Waals surface area (Å²) in [5, 5.41) is 39.8. The van der Waals surface area contributed by atoms with Crippen LogP contribution in [0.3, 0.4) is 0 Å². The lowest BCUT2D eigenvalue weighted by Gasteiger charge is -2.64. The largest absolute Gasteiger partial charge is 0.490 e. The van der Waals surface area contributed by atoms with Gasteiger partial charge in [-0.1, -0.05) is 24.6 Å². The molecule has 0 amide bonds. The van der Waals surface area contributed by atoms with Crippen molar-refractivity contribution >= 4 is 17.9 Å². The number of carbonyl (C=O) groups excluding carboxylic acids is 1. The third-order valence-electron chi connectivity index (χ3n) is 10.3. The van der Waals surface area contributed by atoms with E-state index in [-0.39, 0.29) is 18.0 Å². The molecule has 45 heavy (non-hydrogen) atoms. The van der Waals surface area contributed by atoms with Gasteiger partial charge in [0.05, 0.1) is 29.1 Å². The van der Waals surface area contributed by atoms with Crippen molar-refractivity contribution in [3.8, 4) is 11.5 Å². The van der Waals surface area contributed by atoms with Gasteiger partial charge in [0.25, 0.3) is 0 Å². The molecule has 1 spiro atoms. The number of aliphatic hydroxyl groups is 2. The number of carboxylic acids is 2. The summed E-state index contributed by atoms with van der Waals surface area (Å²) in [5.74, 6) is -2.77. The maximum Gasteiger partial charge on any atom is 0.490 e. The molecule has 2 saturated carbocycles. The van der Waals surface area contributed by atoms with Crippen molar-refractivity contribution in [2.24, 2.45) is 5.92 Å². The predicted molar refractivity (Wildman–Crippen MR) is 150 cm³/mol. The molecule has 7 rings (SSSR count). The van der Waals surface area contributed by atoms with Gasteiger partial charge in [0, 0.05) is 18.2 Å². The molecule has 2 aromatic carbocycles. The Morgan fingerprint density at radius 2 is 1.71 bits per heavy atom. The average molecular weight is 634 g/mol. The number of ether oxygens (including phenoxy) is 2. The molecule has 0 unspecified atom stereocenters. The van der Waals surface area contributed by atoms with Gasteiger partial charge in [-0.15, -0.1) is 0 Å². The van der Waals surface area contributed by atoms with Gasteiger partial charge in [-0.25, -0.2) is 9.59 Å². The van der Waals surface area contributed by atoms with Crippen LogP contribution in [0.2, 0.25) is 0 Å². The first-order chi connectivity index (χ1) is 21.2. The Labute approximate surface area is 256 Å². The van der Waals surface area contributed by atoms with Crippen LogP contribution < -0.4 is 9.47 Å². The third-order valence-corrected chi connectivity index (χ3v) is 10.3. The highest BCUT2D eigenvalue weighted by Crippen LogP contribution is 2.65. The Balaban J connectivity index is 0.000000460. The molecule has 242 valence electrons. The Hall–Kier alpha value is -3.68. The smallest absolute Gasteiger partial charge is 0.482 e. The van der Waals surface area contributed by atoms with E-state index in [1.165, 1.54) is 31.4 Å². The Morgan fingerprint density at radius 1 is 1.02 bits per heavy atom. The van der Waals surface area contributed by atoms with Gasteiger partial charge in [-0.05, 0) is 80.3 Å². The summed E-state index contributed by atoms with van der Waals surface area (Å²) in [6.07, 6.45) is -0.165. The maximum atomic E-state index is 12.9. The summed E-state index contributed by atoms with van der Waals surface area (Å²) in [7, 11) is 0. The highest BCUT2D eigenvalue weighted by molar-refractivity contribution is 5.87. The molecule has 4 N–H and O–H groups in total. The van der Waals surface area contributed by atoms with Crippen molar-refractivity contribution in [1.29, 1.82) is 0 Å². The second-order valence-corrected chi connectivity index (χ2v) is 12.7. The van der Waals surface area contributed by atoms with Crippen LogP contribution in [0.15, 0.2) is 36.4 Å². The van der Waals surface area contributed by atoms with E-state index in [9.17, 15) is 33.0 Å². The maximum absolute atomic E-state index is 12.9. The molecule has 2 bridgehead atoms. The van der Waals surface area contributed by atoms with Crippen LogP contribution >= 0.6 is 0 Å². The Morgan fingerprint density at radius 3 is 2.31 bits per heavy atom. The number of aliphatic carboxylic acids is 1. The van der Waals surface area contributed by atoms with E-state index in [1.807, 2.05) is 6.07 Å². The van der Waals surface area contributed by atoms with Crippen LogP contribution in [-0.4, -0.2) is 86.4 Å². The van der Waals surface area contributed by atoms with Gasteiger partial charge in [-0.2, -0.15) is 13.2 Å². The first kappa shape index (κ1) is 31.3. The van der Waals surface area contributed by atoms with Gasteiger partial charge >= 0.3 is 24.1 Å². The highest BCUT2D eigenvalue weighted by Gasteiger charge is 2.73. The van der Waals surface area contributed by atoms with E-state index in [0.717, 1.165) is 24.2 Å². The monoisotopic (exact) mass is 633 g/mol. The molecule has 2 aliphatic heterocycles. The van der Waals surface area contributed by atoms with Gasteiger partial charge in [0.1, 0.15) is 6.10 Å². The SMILES string of the molecule is O=C(Cc1ccc(C(=O)O)cc1)Oc1ccc2c3c1O[C@H]1[C@@H](O)CC[C@@]4(O)[C@@H](C2)N(CC2CCC2)CC[C@]314.O=C(O)C(F)(F)F. The van der Waals surface area contributed by atoms with E-state index >= 15 is 0 Å². The Kier molecular flexibility index (Phi) is 7.85. The summed E-state index contributed by atoms with van der Waals surface area (Å²) in [4.78, 5) is 35.4. The molecule has 5 atom stereocenters. The number of aromatic carboxylic acids is 1. The van der Waals surface area contributed by atoms with Gasteiger partial charge < -0.3 is 29.9 Å². The van der Waals surface area contributed by atoms with Gasteiger partial charge in [-0.3, -0.25) is 9.69 Å². The van der Waals surface area contributed by atoms with Crippen LogP contribution in [0, 0.1) is 5.92 Å². The fourth-order valence-corrected chi connectivity index (χ4v) is 7.99. The number of rotatable bonds is 6. The zero-order valence-electron chi connectivity index (χ0n) is 24.3. The van der Waals surface area contributed by atoms with E-state index < -0.39 is 47.3 Å². The molecule has 0 radical (unpaired) electrons. The first-order valence-corrected chi connectivity index (χ1v) is 15.0. The van der Waals surface area contributed by atoms with E-state index in [4.69, 9.17) is 24.5 Å². The van der Waals surface area contributed by atoms with Crippen molar-refractivity contribution in [2.45, 2.75) is 86.8 Å². The number of likely N-dealkylation sites (tertiary alicyclic amines) is 1. The lowest BCUT2D eigenvalue weighted by Crippen LogP contribution is -2.77. The van der Waals surface area contributed by atoms with E-state index in [0.29, 0.717) is 48.7 Å². The van der Waals surface area contributed by atoms with Crippen LogP contribution in [0.4, 0.5) is 13.2 Å². The number of hydrogen-bond acceptors (Lipinski definition) is 8. The number of aliphatic hydroxyl groups excluding tert-OH is 1. The minimum absolute atomic E-state index is 0.0175. The average Bonchev–Trinajstić information content (AvgIpc) is 3.31. The zero-order chi connectivity index (χ0) is 32.3. The fourth-order valence-electron chi connectivity index (χ4n) is 7.99. The highest BCUT2D eigenvalue weighted by atomic mass is 19.4. The second kappa shape index (κ2) is 11.3. The number of benzene rings is 2. The summed E-state index contributed by atoms with van der Waals surface area (Å²) in [6.45, 7) is 1.87. The van der Waals surface area contributed by atoms with Crippen LogP contribution in [0.1, 0.15) is 65.6 Å². The normalized spacial score (nSPS) is 29.8. The number of nitrogens with zero attached hydrogens (tertiary/aromatic N) is 1. The first-order valence-electron chi connectivity index (χ1n) is 15.0. The number of alkyl halides is 3. The van der Waals surface area contributed by atoms with Crippen molar-refractivity contribution in [2.75, 3.05) is 13.1 Å². The Bertz CT molecular complexity index is 1510. The molecule has 3 fully saturated rings. The molecule has 13 heteroatoms. The van der Waals surface area contributed by atoms with Crippen LogP contribution in [0.5, 0.6) is 11.5 Å². The van der Waals surface area contributed by atoms with Crippen molar-refractivity contribution in [3.05, 3.63) is 58.7 Å². The lowest BCUT2D eigenvalue weighted by molar-refractivity contribution is -0.209. The van der Waals surface area contributed by atoms with Crippen LogP contribution in [-0.2, 0) is 27.8 Å². The molecule has 2 heterocycles. The molecule has 3 aliphatic carbocycles. The molecule has 2 aromatic rings. The standard InChI is InChI=1S/C30H33NO7.C2HF3O2/c32-21-10-11-30(36)23-15-20-8-9-22(37-24(33)14-17-4-6-19(7-5-17)28(34)35)26-25(20)29(30,27(21)38-26)12-13-31(23)16-18-2-1-3-18;3-2(4,5)1(6)7/h4-9,18,21,23,27,32,36H,1-3,10-16H2,(H,34,35);(H,6,7)/t21-,23+,27-,29-,30+;/m0./s1. The number of hydrogen-bond donors (Lipinski definition) is 4. The predicted octanol–water partition coefficient (Wildman–Crippen LogP) is 3.48. The van der Waals surface area contributed by atoms with Crippen molar-refractivity contribution < 1.29 is 57.5 Å². The third kappa shape index (κ3) is 5.24. The number of esters is 1. The number of piperidine rings is 1. The zero-order valence-corrected chi connectivity index (χ0v) is 24.3. The quantitative estimate of drug-likeness (QED) is 0.275. The van der Waals surface area contributed by atoms with E-state index in [1.54, 1.807) is 18.2 Å². The topological polar surface area (TPSA) is 154 Å². The molecular formula is C32H34F3NO9. The summed E-state index contributed by atoms with van der Waals surface area (Å²) < 4.78 is 44.0. The van der Waals surface area contributed by atoms with Crippen LogP contribution in [0.25, 0.3) is 0 Å². The molecular weight excluding hydrogens is 599 g/mol. The molecule has 5 aliphatic rings. The van der Waals surface area contributed by atoms with Crippen molar-refractivity contribution in [3.63, 3.8) is 0 Å². The van der Waals surface area contributed by atoms with Gasteiger partial charge in [0.2, 0.25) is 0 Å². The fraction of sp³-hybridized carbons (Fsp3) is 0.531. The summed E-state index contributed by atoms with van der Waals surface area (Å²) >= 11 is 0. The van der Waals surface area contributed by atoms with E-state index in [2.05, 4.69) is 4.90 Å². The summed E-state index contributed by atoms with van der Waals surface area (Å²) in [5.41, 5.74) is 1.10. The second-order valence-electron chi connectivity index (χ2n) is 12.7. The number of carbonyl (C=O) groups is 3. The van der Waals surface area contributed by atoms with Crippen molar-refractivity contribution in [1.82, 2.24) is 4.90 Å². The molecule has 1 saturated heterocycles. The van der Waals surface area contributed by atoms with Gasteiger partial charge in [0.15, 0.2) is 11.5 Å². The molecule has 10 nitrogen and oxygen atoms in total. The molecule has 0 aromatic heterocycles. The minimum Gasteiger partial charge on any atom is -0.482 e. The number of carboxylic acid groups (broad SMARTS) is 2. The minimum atomic E-state index is -5.08.